The number of ether oxygens (including phenoxy) is 1. The van der Waals surface area contributed by atoms with E-state index in [9.17, 15) is 4.79 Å². The second-order valence-corrected chi connectivity index (χ2v) is 4.96. The van der Waals surface area contributed by atoms with Crippen molar-refractivity contribution >= 4 is 6.29 Å². The van der Waals surface area contributed by atoms with Crippen LogP contribution in [-0.2, 0) is 9.53 Å². The molecule has 0 bridgehead atoms. The quantitative estimate of drug-likeness (QED) is 0.328. The molecule has 0 aromatic rings. The normalized spacial score (nSPS) is 24.5. The van der Waals surface area contributed by atoms with Gasteiger partial charge in [0.15, 0.2) is 0 Å². The van der Waals surface area contributed by atoms with Crippen LogP contribution in [0.4, 0.5) is 0 Å². The second-order valence-electron chi connectivity index (χ2n) is 4.96. The van der Waals surface area contributed by atoms with E-state index in [0.29, 0.717) is 17.3 Å². The minimum absolute atomic E-state index is 0.225. The van der Waals surface area contributed by atoms with E-state index >= 15 is 0 Å². The summed E-state index contributed by atoms with van der Waals surface area (Å²) in [6.07, 6.45) is 8.71. The molecule has 0 unspecified atom stereocenters. The molecule has 3 heteroatoms. The first-order chi connectivity index (χ1) is 9.12. The van der Waals surface area contributed by atoms with Crippen LogP contribution in [0.2, 0.25) is 0 Å². The van der Waals surface area contributed by atoms with Crippen LogP contribution in [-0.4, -0.2) is 13.4 Å². The first-order valence-electron chi connectivity index (χ1n) is 6.59. The zero-order chi connectivity index (χ0) is 14.3. The van der Waals surface area contributed by atoms with Gasteiger partial charge in [0.2, 0.25) is 0 Å². The summed E-state index contributed by atoms with van der Waals surface area (Å²) in [5.41, 5.74) is 1.60. The minimum atomic E-state index is 0.225. The number of methoxy groups -OCH3 is 1. The molecule has 19 heavy (non-hydrogen) atoms. The number of hydrogen-bond acceptors (Lipinski definition) is 3. The molecule has 0 aliphatic heterocycles. The highest BCUT2D eigenvalue weighted by atomic mass is 16.5. The van der Waals surface area contributed by atoms with E-state index in [2.05, 4.69) is 12.6 Å². The molecule has 1 rings (SSSR count). The fourth-order valence-corrected chi connectivity index (χ4v) is 2.35. The van der Waals surface area contributed by atoms with Gasteiger partial charge in [0.25, 0.3) is 0 Å². The Morgan fingerprint density at radius 3 is 2.42 bits per heavy atom. The molecule has 0 aromatic carbocycles. The average molecular weight is 259 g/mol. The molecule has 0 aromatic heterocycles. The molecule has 1 aliphatic carbocycles. The van der Waals surface area contributed by atoms with Crippen molar-refractivity contribution in [1.82, 2.24) is 0 Å². The van der Waals surface area contributed by atoms with Gasteiger partial charge in [-0.2, -0.15) is 5.26 Å². The van der Waals surface area contributed by atoms with Crippen molar-refractivity contribution in [2.24, 2.45) is 11.8 Å². The van der Waals surface area contributed by atoms with Crippen LogP contribution in [0, 0.1) is 23.2 Å². The van der Waals surface area contributed by atoms with Crippen molar-refractivity contribution in [3.05, 3.63) is 35.6 Å². The molecule has 1 aliphatic rings. The van der Waals surface area contributed by atoms with Crippen LogP contribution in [0.25, 0.3) is 0 Å². The summed E-state index contributed by atoms with van der Waals surface area (Å²) in [6.45, 7) is 5.81. The maximum atomic E-state index is 10.7. The zero-order valence-corrected chi connectivity index (χ0v) is 11.7. The number of hydrogen-bond donors (Lipinski definition) is 0. The number of nitriles is 1. The van der Waals surface area contributed by atoms with Crippen molar-refractivity contribution in [3.8, 4) is 6.07 Å². The van der Waals surface area contributed by atoms with Gasteiger partial charge in [-0.3, -0.25) is 0 Å². The lowest BCUT2D eigenvalue weighted by Crippen LogP contribution is -2.16. The van der Waals surface area contributed by atoms with Crippen molar-refractivity contribution in [2.45, 2.75) is 32.6 Å². The summed E-state index contributed by atoms with van der Waals surface area (Å²) in [6, 6.07) is 2.07. The van der Waals surface area contributed by atoms with Gasteiger partial charge in [-0.15, -0.1) is 0 Å². The molecule has 0 saturated heterocycles. The van der Waals surface area contributed by atoms with E-state index in [1.165, 1.54) is 0 Å². The number of rotatable bonds is 5. The summed E-state index contributed by atoms with van der Waals surface area (Å²) in [4.78, 5) is 10.7. The summed E-state index contributed by atoms with van der Waals surface area (Å²) < 4.78 is 5.16. The van der Waals surface area contributed by atoms with Gasteiger partial charge < -0.3 is 9.53 Å². The molecule has 0 amide bonds. The first-order valence-corrected chi connectivity index (χ1v) is 6.59. The van der Waals surface area contributed by atoms with Crippen molar-refractivity contribution in [2.75, 3.05) is 7.11 Å². The lowest BCUT2D eigenvalue weighted by Gasteiger charge is -2.25. The Morgan fingerprint density at radius 1 is 1.32 bits per heavy atom. The Hall–Kier alpha value is -1.82. The van der Waals surface area contributed by atoms with E-state index in [0.717, 1.165) is 37.5 Å². The Kier molecular flexibility index (Phi) is 6.08. The van der Waals surface area contributed by atoms with E-state index in [1.807, 2.05) is 6.08 Å². The highest BCUT2D eigenvalue weighted by Gasteiger charge is 2.21. The highest BCUT2D eigenvalue weighted by Crippen LogP contribution is 2.32. The van der Waals surface area contributed by atoms with Crippen molar-refractivity contribution in [3.63, 3.8) is 0 Å². The third-order valence-electron chi connectivity index (χ3n) is 3.69. The Balaban J connectivity index is 2.61. The van der Waals surface area contributed by atoms with Gasteiger partial charge in [-0.1, -0.05) is 18.2 Å². The average Bonchev–Trinajstić information content (AvgIpc) is 2.47. The van der Waals surface area contributed by atoms with E-state index < -0.39 is 0 Å². The number of aldehydes is 1. The number of carbonyl (C=O) groups excluding carboxylic acids is 1. The number of allylic oxidation sites excluding steroid dienone is 4. The van der Waals surface area contributed by atoms with E-state index in [1.54, 1.807) is 20.1 Å². The van der Waals surface area contributed by atoms with Crippen molar-refractivity contribution < 1.29 is 9.53 Å². The lowest BCUT2D eigenvalue weighted by atomic mass is 9.79. The SMILES string of the molecule is C=C(/C=C\C(OC)=C(/C)C#N)[C@H]1CC[C@H](C=O)CC1. The van der Waals surface area contributed by atoms with Crippen LogP contribution in [0.1, 0.15) is 32.6 Å². The topological polar surface area (TPSA) is 50.1 Å². The van der Waals surface area contributed by atoms with Gasteiger partial charge in [-0.05, 0) is 44.6 Å². The summed E-state index contributed by atoms with van der Waals surface area (Å²) >= 11 is 0. The Bertz CT molecular complexity index is 432. The molecule has 102 valence electrons. The predicted octanol–water partition coefficient (Wildman–Crippen LogP) is 3.55. The van der Waals surface area contributed by atoms with Gasteiger partial charge in [0.1, 0.15) is 12.0 Å². The minimum Gasteiger partial charge on any atom is -0.496 e. The first kappa shape index (κ1) is 15.2. The van der Waals surface area contributed by atoms with Crippen LogP contribution in [0.15, 0.2) is 35.6 Å². The van der Waals surface area contributed by atoms with Gasteiger partial charge in [0.05, 0.1) is 18.8 Å². The molecule has 1 fully saturated rings. The molecule has 0 heterocycles. The molecule has 0 atom stereocenters. The van der Waals surface area contributed by atoms with Crippen LogP contribution in [0.5, 0.6) is 0 Å². The third-order valence-corrected chi connectivity index (χ3v) is 3.69. The van der Waals surface area contributed by atoms with Gasteiger partial charge >= 0.3 is 0 Å². The predicted molar refractivity (Wildman–Crippen MR) is 75.1 cm³/mol. The maximum Gasteiger partial charge on any atom is 0.132 e. The molecule has 0 spiro atoms. The number of carbonyl (C=O) groups is 1. The smallest absolute Gasteiger partial charge is 0.132 e. The maximum absolute atomic E-state index is 10.7. The largest absolute Gasteiger partial charge is 0.496 e. The summed E-state index contributed by atoms with van der Waals surface area (Å²) in [5, 5.41) is 8.83. The van der Waals surface area contributed by atoms with Crippen LogP contribution < -0.4 is 0 Å². The van der Waals surface area contributed by atoms with E-state index in [-0.39, 0.29) is 5.92 Å². The van der Waals surface area contributed by atoms with E-state index in [4.69, 9.17) is 10.00 Å². The Labute approximate surface area is 115 Å². The summed E-state index contributed by atoms with van der Waals surface area (Å²) in [7, 11) is 1.55. The third kappa shape index (κ3) is 4.40. The van der Waals surface area contributed by atoms with Crippen molar-refractivity contribution in [1.29, 1.82) is 5.26 Å². The fourth-order valence-electron chi connectivity index (χ4n) is 2.35. The zero-order valence-electron chi connectivity index (χ0n) is 11.7. The standard InChI is InChI=1S/C16H21NO2/c1-12(4-9-16(19-3)13(2)10-17)15-7-5-14(11-18)6-8-15/h4,9,11,14-15H,1,5-8H2,2-3H3/b9-4-,16-13-/t14-,15-. The molecular weight excluding hydrogens is 238 g/mol. The molecule has 0 N–H and O–H groups in total. The highest BCUT2D eigenvalue weighted by molar-refractivity contribution is 5.53. The molecule has 3 nitrogen and oxygen atoms in total. The fraction of sp³-hybridized carbons (Fsp3) is 0.500. The van der Waals surface area contributed by atoms with Crippen LogP contribution in [0.3, 0.4) is 0 Å². The van der Waals surface area contributed by atoms with Crippen LogP contribution >= 0.6 is 0 Å². The monoisotopic (exact) mass is 259 g/mol. The Morgan fingerprint density at radius 2 is 1.95 bits per heavy atom. The lowest BCUT2D eigenvalue weighted by molar-refractivity contribution is -0.112. The number of nitrogens with zero attached hydrogens (tertiary/aromatic N) is 1. The van der Waals surface area contributed by atoms with Gasteiger partial charge in [0, 0.05) is 5.92 Å². The van der Waals surface area contributed by atoms with Gasteiger partial charge in [-0.25, -0.2) is 0 Å². The molecule has 0 radical (unpaired) electrons. The molecular formula is C16H21NO2. The molecule has 1 saturated carbocycles. The second kappa shape index (κ2) is 7.58. The summed E-state index contributed by atoms with van der Waals surface area (Å²) in [5.74, 6) is 1.24.